The molecule has 1 N–H and O–H groups in total. The average Bonchev–Trinajstić information content (AvgIpc) is 2.52. The Kier molecular flexibility index (Phi) is 3.26. The lowest BCUT2D eigenvalue weighted by atomic mass is 10.0. The van der Waals surface area contributed by atoms with Crippen LogP contribution in [-0.4, -0.2) is 19.4 Å². The van der Waals surface area contributed by atoms with Crippen LogP contribution in [0.25, 0.3) is 0 Å². The topological polar surface area (TPSA) is 33.6 Å². The lowest BCUT2D eigenvalue weighted by Gasteiger charge is -2.03. The van der Waals surface area contributed by atoms with Crippen molar-refractivity contribution in [1.82, 2.24) is 5.48 Å². The summed E-state index contributed by atoms with van der Waals surface area (Å²) in [6.45, 7) is 5.66. The molecule has 1 fully saturated rings. The maximum absolute atomic E-state index is 5.02. The number of hydrogen-bond donors (Lipinski definition) is 1. The molecule has 0 amide bonds. The van der Waals surface area contributed by atoms with Crippen molar-refractivity contribution in [3.8, 4) is 0 Å². The number of aliphatic imine (C=N–C) groups is 1. The minimum atomic E-state index is 0.499. The molecule has 0 aromatic rings. The molecule has 1 rings (SSSR count). The Morgan fingerprint density at radius 2 is 2.55 bits per heavy atom. The summed E-state index contributed by atoms with van der Waals surface area (Å²) in [7, 11) is 0. The fraction of sp³-hybridized carbons (Fsp3) is 0.625. The molecule has 3 nitrogen and oxygen atoms in total. The highest BCUT2D eigenvalue weighted by Gasteiger charge is 2.16. The first-order valence-electron chi connectivity index (χ1n) is 3.83. The Labute approximate surface area is 67.1 Å². The zero-order valence-corrected chi connectivity index (χ0v) is 7.00. The van der Waals surface area contributed by atoms with Crippen molar-refractivity contribution in [2.24, 2.45) is 10.9 Å². The number of nitrogens with zero attached hydrogens (tertiary/aromatic N) is 1. The van der Waals surface area contributed by atoms with Gasteiger partial charge in [0.05, 0.1) is 6.61 Å². The van der Waals surface area contributed by atoms with E-state index in [9.17, 15) is 0 Å². The lowest BCUT2D eigenvalue weighted by Crippen LogP contribution is -2.09. The molecule has 1 aliphatic rings. The van der Waals surface area contributed by atoms with Crippen LogP contribution in [0.5, 0.6) is 0 Å². The van der Waals surface area contributed by atoms with Crippen LogP contribution in [0, 0.1) is 5.92 Å². The second kappa shape index (κ2) is 4.26. The molecule has 1 atom stereocenters. The van der Waals surface area contributed by atoms with Crippen LogP contribution in [0.3, 0.4) is 0 Å². The van der Waals surface area contributed by atoms with E-state index in [1.54, 1.807) is 6.21 Å². The van der Waals surface area contributed by atoms with E-state index in [-0.39, 0.29) is 0 Å². The molecule has 11 heavy (non-hydrogen) atoms. The van der Waals surface area contributed by atoms with Gasteiger partial charge in [0, 0.05) is 24.9 Å². The molecule has 0 saturated carbocycles. The Morgan fingerprint density at radius 3 is 3.09 bits per heavy atom. The molecule has 62 valence electrons. The van der Waals surface area contributed by atoms with Crippen LogP contribution in [-0.2, 0) is 4.84 Å². The van der Waals surface area contributed by atoms with Crippen molar-refractivity contribution < 1.29 is 4.84 Å². The molecule has 0 aliphatic carbocycles. The van der Waals surface area contributed by atoms with Crippen LogP contribution in [0.2, 0.25) is 0 Å². The van der Waals surface area contributed by atoms with Gasteiger partial charge < -0.3 is 4.84 Å². The summed E-state index contributed by atoms with van der Waals surface area (Å²) >= 11 is 0. The predicted molar refractivity (Wildman–Crippen MR) is 45.4 cm³/mol. The summed E-state index contributed by atoms with van der Waals surface area (Å²) in [5.41, 5.74) is 4.11. The van der Waals surface area contributed by atoms with Crippen LogP contribution in [0.15, 0.2) is 16.8 Å². The lowest BCUT2D eigenvalue weighted by molar-refractivity contribution is 0.0989. The summed E-state index contributed by atoms with van der Waals surface area (Å²) in [5, 5.41) is 0. The third kappa shape index (κ3) is 2.44. The van der Waals surface area contributed by atoms with Gasteiger partial charge in [0.25, 0.3) is 0 Å². The van der Waals surface area contributed by atoms with Crippen molar-refractivity contribution in [3.63, 3.8) is 0 Å². The Morgan fingerprint density at radius 1 is 1.73 bits per heavy atom. The Bertz CT molecular complexity index is 169. The highest BCUT2D eigenvalue weighted by Crippen LogP contribution is 2.13. The molecular weight excluding hydrogens is 140 g/mol. The highest BCUT2D eigenvalue weighted by molar-refractivity contribution is 5.54. The molecule has 3 heteroatoms. The van der Waals surface area contributed by atoms with Gasteiger partial charge in [-0.3, -0.25) is 4.99 Å². The predicted octanol–water partition coefficient (Wildman–Crippen LogP) is 1.13. The molecule has 0 bridgehead atoms. The standard InChI is InChI=1S/C8H14N2O/c1-3-9-4-7(2)8-5-10-11-6-8/h3-4,8,10H,5-6H2,1-2H3/b7-4+,9-3?. The summed E-state index contributed by atoms with van der Waals surface area (Å²) in [6.07, 6.45) is 3.67. The van der Waals surface area contributed by atoms with Crippen LogP contribution >= 0.6 is 0 Å². The van der Waals surface area contributed by atoms with Gasteiger partial charge in [0.2, 0.25) is 0 Å². The number of nitrogens with one attached hydrogen (secondary N) is 1. The van der Waals surface area contributed by atoms with Crippen molar-refractivity contribution in [2.45, 2.75) is 13.8 Å². The normalized spacial score (nSPS) is 26.7. The molecule has 0 aromatic heterocycles. The van der Waals surface area contributed by atoms with E-state index in [0.717, 1.165) is 13.2 Å². The summed E-state index contributed by atoms with van der Waals surface area (Å²) < 4.78 is 0. The molecule has 0 aromatic carbocycles. The van der Waals surface area contributed by atoms with Crippen molar-refractivity contribution in [2.75, 3.05) is 13.2 Å². The molecule has 1 heterocycles. The second-order valence-electron chi connectivity index (χ2n) is 2.64. The van der Waals surface area contributed by atoms with Gasteiger partial charge in [0.1, 0.15) is 0 Å². The Hall–Kier alpha value is -0.670. The van der Waals surface area contributed by atoms with Gasteiger partial charge in [-0.2, -0.15) is 0 Å². The van der Waals surface area contributed by atoms with Crippen molar-refractivity contribution in [3.05, 3.63) is 11.8 Å². The summed E-state index contributed by atoms with van der Waals surface area (Å²) in [5.74, 6) is 0.499. The van der Waals surface area contributed by atoms with Crippen LogP contribution in [0.4, 0.5) is 0 Å². The largest absolute Gasteiger partial charge is 0.301 e. The van der Waals surface area contributed by atoms with Gasteiger partial charge in [-0.05, 0) is 19.4 Å². The van der Waals surface area contributed by atoms with Crippen molar-refractivity contribution in [1.29, 1.82) is 0 Å². The SMILES string of the molecule is CC=N/C=C(\C)C1CNOC1. The zero-order valence-electron chi connectivity index (χ0n) is 7.00. The third-order valence-electron chi connectivity index (χ3n) is 1.79. The van der Waals surface area contributed by atoms with Gasteiger partial charge in [-0.25, -0.2) is 5.48 Å². The third-order valence-corrected chi connectivity index (χ3v) is 1.79. The van der Waals surface area contributed by atoms with Gasteiger partial charge in [0.15, 0.2) is 0 Å². The van der Waals surface area contributed by atoms with Gasteiger partial charge >= 0.3 is 0 Å². The molecule has 0 radical (unpaired) electrons. The summed E-state index contributed by atoms with van der Waals surface area (Å²) in [4.78, 5) is 9.06. The molecule has 1 saturated heterocycles. The second-order valence-corrected chi connectivity index (χ2v) is 2.64. The fourth-order valence-corrected chi connectivity index (χ4v) is 0.968. The zero-order chi connectivity index (χ0) is 8.10. The maximum Gasteiger partial charge on any atom is 0.0761 e. The first kappa shape index (κ1) is 8.43. The molecular formula is C8H14N2O. The van der Waals surface area contributed by atoms with E-state index in [0.29, 0.717) is 5.92 Å². The van der Waals surface area contributed by atoms with Crippen LogP contribution in [0.1, 0.15) is 13.8 Å². The fourth-order valence-electron chi connectivity index (χ4n) is 0.968. The van der Waals surface area contributed by atoms with Gasteiger partial charge in [-0.1, -0.05) is 0 Å². The van der Waals surface area contributed by atoms with E-state index in [4.69, 9.17) is 4.84 Å². The van der Waals surface area contributed by atoms with Gasteiger partial charge in [-0.15, -0.1) is 0 Å². The van der Waals surface area contributed by atoms with E-state index >= 15 is 0 Å². The van der Waals surface area contributed by atoms with E-state index in [1.807, 2.05) is 13.1 Å². The highest BCUT2D eigenvalue weighted by atomic mass is 16.7. The van der Waals surface area contributed by atoms with E-state index < -0.39 is 0 Å². The number of rotatable bonds is 2. The quantitative estimate of drug-likeness (QED) is 0.605. The number of hydroxylamine groups is 1. The molecule has 1 aliphatic heterocycles. The van der Waals surface area contributed by atoms with Crippen molar-refractivity contribution >= 4 is 6.21 Å². The van der Waals surface area contributed by atoms with E-state index in [1.165, 1.54) is 5.57 Å². The first-order chi connectivity index (χ1) is 5.34. The summed E-state index contributed by atoms with van der Waals surface area (Å²) in [6, 6.07) is 0. The molecule has 1 unspecified atom stereocenters. The van der Waals surface area contributed by atoms with Crippen LogP contribution < -0.4 is 5.48 Å². The minimum Gasteiger partial charge on any atom is -0.301 e. The number of hydrogen-bond acceptors (Lipinski definition) is 3. The Balaban J connectivity index is 2.44. The molecule has 0 spiro atoms. The smallest absolute Gasteiger partial charge is 0.0761 e. The first-order valence-corrected chi connectivity index (χ1v) is 3.83. The minimum absolute atomic E-state index is 0.499. The van der Waals surface area contributed by atoms with E-state index in [2.05, 4.69) is 17.4 Å². The average molecular weight is 154 g/mol. The monoisotopic (exact) mass is 154 g/mol. The maximum atomic E-state index is 5.02.